The first-order valence-corrected chi connectivity index (χ1v) is 7.97. The monoisotopic (exact) mass is 340 g/mol. The molecule has 0 aliphatic carbocycles. The zero-order valence-electron chi connectivity index (χ0n) is 12.1. The molecule has 0 radical (unpaired) electrons. The number of halogens is 3. The third-order valence-corrected chi connectivity index (χ3v) is 3.38. The van der Waals surface area contributed by atoms with Crippen LogP contribution in [-0.2, 0) is 35.6 Å². The van der Waals surface area contributed by atoms with Crippen LogP contribution in [0.3, 0.4) is 0 Å². The van der Waals surface area contributed by atoms with Crippen LogP contribution in [0.4, 0.5) is 13.2 Å². The summed E-state index contributed by atoms with van der Waals surface area (Å²) in [6, 6.07) is 3.42. The summed E-state index contributed by atoms with van der Waals surface area (Å²) in [7, 11) is -4.05. The van der Waals surface area contributed by atoms with Gasteiger partial charge in [0.25, 0.3) is 10.1 Å². The van der Waals surface area contributed by atoms with E-state index in [1.165, 1.54) is 6.92 Å². The van der Waals surface area contributed by atoms with Gasteiger partial charge in [0.2, 0.25) is 5.60 Å². The second-order valence-corrected chi connectivity index (χ2v) is 6.19. The Labute approximate surface area is 126 Å². The van der Waals surface area contributed by atoms with Gasteiger partial charge in [-0.1, -0.05) is 12.1 Å². The van der Waals surface area contributed by atoms with Gasteiger partial charge in [-0.3, -0.25) is 0 Å². The summed E-state index contributed by atoms with van der Waals surface area (Å²) in [5.74, 6) is -1.01. The molecule has 0 bridgehead atoms. The Kier molecular flexibility index (Phi) is 5.24. The first kappa shape index (κ1) is 18.4. The van der Waals surface area contributed by atoms with Gasteiger partial charge in [0.1, 0.15) is 0 Å². The Morgan fingerprint density at radius 3 is 1.95 bits per heavy atom. The normalized spacial score (nSPS) is 15.2. The minimum atomic E-state index is -4.55. The number of esters is 1. The van der Waals surface area contributed by atoms with E-state index in [1.807, 2.05) is 0 Å². The Bertz CT molecular complexity index is 637. The molecular formula is C13H15F3O5S. The molecule has 0 N–H and O–H groups in total. The van der Waals surface area contributed by atoms with Crippen molar-refractivity contribution in [1.82, 2.24) is 0 Å². The molecule has 1 atom stereocenters. The molecule has 0 aliphatic rings. The zero-order chi connectivity index (χ0) is 17.2. The Balaban J connectivity index is 3.30. The van der Waals surface area contributed by atoms with Crippen molar-refractivity contribution >= 4 is 16.1 Å². The molecular weight excluding hydrogens is 325 g/mol. The predicted octanol–water partition coefficient (Wildman–Crippen LogP) is 2.46. The topological polar surface area (TPSA) is 69.7 Å². The zero-order valence-corrected chi connectivity index (χ0v) is 12.9. The third-order valence-electron chi connectivity index (χ3n) is 2.75. The largest absolute Gasteiger partial charge is 0.464 e. The molecule has 0 amide bonds. The summed E-state index contributed by atoms with van der Waals surface area (Å²) in [6.07, 6.45) is -3.81. The number of alkyl halides is 3. The number of carbonyl (C=O) groups excluding carboxylic acids is 1. The fourth-order valence-electron chi connectivity index (χ4n) is 1.75. The van der Waals surface area contributed by atoms with E-state index in [4.69, 9.17) is 8.92 Å². The maximum Gasteiger partial charge on any atom is 0.416 e. The Hall–Kier alpha value is -1.61. The van der Waals surface area contributed by atoms with Gasteiger partial charge in [-0.2, -0.15) is 21.6 Å². The van der Waals surface area contributed by atoms with Crippen LogP contribution >= 0.6 is 0 Å². The van der Waals surface area contributed by atoms with E-state index in [0.717, 1.165) is 37.4 Å². The molecule has 9 heteroatoms. The van der Waals surface area contributed by atoms with Gasteiger partial charge in [0.15, 0.2) is 0 Å². The molecule has 0 spiro atoms. The summed E-state index contributed by atoms with van der Waals surface area (Å²) in [4.78, 5) is 12.0. The van der Waals surface area contributed by atoms with Crippen LogP contribution in [0.25, 0.3) is 0 Å². The van der Waals surface area contributed by atoms with Crippen molar-refractivity contribution in [3.05, 3.63) is 35.4 Å². The van der Waals surface area contributed by atoms with Crippen LogP contribution in [0.1, 0.15) is 25.0 Å². The van der Waals surface area contributed by atoms with Crippen molar-refractivity contribution in [2.45, 2.75) is 25.6 Å². The Morgan fingerprint density at radius 1 is 1.14 bits per heavy atom. The summed E-state index contributed by atoms with van der Waals surface area (Å²) in [5, 5.41) is 0. The average Bonchev–Trinajstić information content (AvgIpc) is 2.36. The van der Waals surface area contributed by atoms with Gasteiger partial charge in [-0.05, 0) is 31.5 Å². The van der Waals surface area contributed by atoms with E-state index in [0.29, 0.717) is 0 Å². The lowest BCUT2D eigenvalue weighted by atomic mass is 9.95. The second-order valence-electron chi connectivity index (χ2n) is 4.62. The van der Waals surface area contributed by atoms with E-state index in [2.05, 4.69) is 0 Å². The highest BCUT2D eigenvalue weighted by Gasteiger charge is 2.42. The molecule has 0 aromatic heterocycles. The second kappa shape index (κ2) is 6.25. The van der Waals surface area contributed by atoms with Crippen LogP contribution in [0.5, 0.6) is 0 Å². The lowest BCUT2D eigenvalue weighted by Gasteiger charge is -2.26. The van der Waals surface area contributed by atoms with Crippen LogP contribution in [-0.4, -0.2) is 27.2 Å². The highest BCUT2D eigenvalue weighted by atomic mass is 32.2. The fraction of sp³-hybridized carbons (Fsp3) is 0.462. The van der Waals surface area contributed by atoms with Crippen LogP contribution < -0.4 is 0 Å². The van der Waals surface area contributed by atoms with Gasteiger partial charge < -0.3 is 4.74 Å². The van der Waals surface area contributed by atoms with Gasteiger partial charge in [0, 0.05) is 0 Å². The molecule has 22 heavy (non-hydrogen) atoms. The van der Waals surface area contributed by atoms with Crippen molar-refractivity contribution in [2.75, 3.05) is 12.9 Å². The number of ether oxygens (including phenoxy) is 1. The molecule has 1 aromatic rings. The molecule has 0 saturated carbocycles. The lowest BCUT2D eigenvalue weighted by molar-refractivity contribution is -0.160. The quantitative estimate of drug-likeness (QED) is 0.608. The van der Waals surface area contributed by atoms with Crippen molar-refractivity contribution in [3.63, 3.8) is 0 Å². The summed E-state index contributed by atoms with van der Waals surface area (Å²) in [5.41, 5.74) is -3.06. The van der Waals surface area contributed by atoms with Crippen molar-refractivity contribution < 1.29 is 35.3 Å². The number of rotatable bonds is 5. The SMILES string of the molecule is CCOC(=O)C(C)(OS(C)(=O)=O)c1ccc(C(F)(F)F)cc1. The number of hydrogen-bond donors (Lipinski definition) is 0. The van der Waals surface area contributed by atoms with E-state index >= 15 is 0 Å². The highest BCUT2D eigenvalue weighted by Crippen LogP contribution is 2.33. The molecule has 5 nitrogen and oxygen atoms in total. The molecule has 1 unspecified atom stereocenters. The Morgan fingerprint density at radius 2 is 1.59 bits per heavy atom. The first-order chi connectivity index (χ1) is 9.90. The van der Waals surface area contributed by atoms with Crippen LogP contribution in [0.2, 0.25) is 0 Å². The molecule has 0 aliphatic heterocycles. The maximum absolute atomic E-state index is 12.5. The first-order valence-electron chi connectivity index (χ1n) is 6.15. The van der Waals surface area contributed by atoms with Crippen molar-refractivity contribution in [2.24, 2.45) is 0 Å². The highest BCUT2D eigenvalue weighted by molar-refractivity contribution is 7.86. The molecule has 1 aromatic carbocycles. The molecule has 0 saturated heterocycles. The number of hydrogen-bond acceptors (Lipinski definition) is 5. The van der Waals surface area contributed by atoms with Gasteiger partial charge >= 0.3 is 12.1 Å². The van der Waals surface area contributed by atoms with E-state index in [1.54, 1.807) is 0 Å². The van der Waals surface area contributed by atoms with E-state index in [-0.39, 0.29) is 12.2 Å². The number of benzene rings is 1. The standard InChI is InChI=1S/C13H15F3O5S/c1-4-20-11(17)12(2,21-22(3,18)19)9-5-7-10(8-6-9)13(14,15)16/h5-8H,4H2,1-3H3. The van der Waals surface area contributed by atoms with E-state index in [9.17, 15) is 26.4 Å². The summed E-state index contributed by atoms with van der Waals surface area (Å²) in [6.45, 7) is 2.59. The van der Waals surface area contributed by atoms with E-state index < -0.39 is 33.4 Å². The van der Waals surface area contributed by atoms with Gasteiger partial charge in [-0.25, -0.2) is 8.98 Å². The molecule has 0 fully saturated rings. The average molecular weight is 340 g/mol. The summed E-state index contributed by atoms with van der Waals surface area (Å²) < 4.78 is 69.9. The van der Waals surface area contributed by atoms with Gasteiger partial charge in [-0.15, -0.1) is 0 Å². The lowest BCUT2D eigenvalue weighted by Crippen LogP contribution is -2.39. The molecule has 1 rings (SSSR count). The minimum Gasteiger partial charge on any atom is -0.464 e. The fourth-order valence-corrected chi connectivity index (χ4v) is 2.52. The summed E-state index contributed by atoms with van der Waals surface area (Å²) >= 11 is 0. The smallest absolute Gasteiger partial charge is 0.416 e. The number of carbonyl (C=O) groups is 1. The predicted molar refractivity (Wildman–Crippen MR) is 71.4 cm³/mol. The molecule has 124 valence electrons. The molecule has 0 heterocycles. The van der Waals surface area contributed by atoms with Crippen molar-refractivity contribution in [1.29, 1.82) is 0 Å². The van der Waals surface area contributed by atoms with Gasteiger partial charge in [0.05, 0.1) is 18.4 Å². The van der Waals surface area contributed by atoms with Crippen LogP contribution in [0.15, 0.2) is 24.3 Å². The van der Waals surface area contributed by atoms with Crippen molar-refractivity contribution in [3.8, 4) is 0 Å². The third kappa shape index (κ3) is 4.44. The maximum atomic E-state index is 12.5. The van der Waals surface area contributed by atoms with Crippen LogP contribution in [0, 0.1) is 0 Å². The minimum absolute atomic E-state index is 0.0395.